The van der Waals surface area contributed by atoms with Crippen molar-refractivity contribution in [3.63, 3.8) is 0 Å². The smallest absolute Gasteiger partial charge is 0.308 e. The number of aliphatic carboxylic acids is 1. The second kappa shape index (κ2) is 8.44. The number of hydrogen-bond acceptors (Lipinski definition) is 4. The number of aryl methyl sites for hydroxylation is 1. The second-order valence-corrected chi connectivity index (χ2v) is 7.90. The monoisotopic (exact) mass is 370 g/mol. The van der Waals surface area contributed by atoms with Gasteiger partial charge in [-0.1, -0.05) is 26.8 Å². The third-order valence-electron chi connectivity index (χ3n) is 4.07. The molecule has 8 heteroatoms. The first-order chi connectivity index (χ1) is 11.6. The topological polar surface area (TPSA) is 95.0 Å². The van der Waals surface area contributed by atoms with Gasteiger partial charge in [-0.15, -0.1) is 0 Å². The van der Waals surface area contributed by atoms with Gasteiger partial charge < -0.3 is 10.0 Å². The third kappa shape index (κ3) is 4.79. The Balaban J connectivity index is 3.21. The van der Waals surface area contributed by atoms with E-state index in [2.05, 4.69) is 0 Å². The number of hydrogen-bond donors (Lipinski definition) is 1. The highest BCUT2D eigenvalue weighted by molar-refractivity contribution is 7.89. The molecule has 1 N–H and O–H groups in total. The van der Waals surface area contributed by atoms with Crippen molar-refractivity contribution < 1.29 is 23.1 Å². The van der Waals surface area contributed by atoms with Crippen LogP contribution in [-0.4, -0.2) is 61.3 Å². The highest BCUT2D eigenvalue weighted by Crippen LogP contribution is 2.22. The Morgan fingerprint density at radius 1 is 1.20 bits per heavy atom. The molecule has 1 aromatic rings. The minimum atomic E-state index is -3.68. The van der Waals surface area contributed by atoms with Gasteiger partial charge in [-0.25, -0.2) is 8.42 Å². The van der Waals surface area contributed by atoms with Crippen molar-refractivity contribution in [1.29, 1.82) is 0 Å². The van der Waals surface area contributed by atoms with E-state index < -0.39 is 27.8 Å². The van der Waals surface area contributed by atoms with Crippen LogP contribution in [-0.2, 0) is 14.8 Å². The summed E-state index contributed by atoms with van der Waals surface area (Å²) < 4.78 is 26.8. The summed E-state index contributed by atoms with van der Waals surface area (Å²) in [4.78, 5) is 24.9. The Kier molecular flexibility index (Phi) is 7.13. The molecule has 0 heterocycles. The van der Waals surface area contributed by atoms with Crippen LogP contribution in [0, 0.1) is 12.8 Å². The normalized spacial score (nSPS) is 12.9. The molecule has 0 aliphatic heterocycles. The molecular formula is C17H26N2O5S. The number of rotatable bonds is 8. The number of benzene rings is 1. The zero-order valence-electron chi connectivity index (χ0n) is 15.3. The summed E-state index contributed by atoms with van der Waals surface area (Å²) in [5.41, 5.74) is 0.779. The van der Waals surface area contributed by atoms with E-state index >= 15 is 0 Å². The van der Waals surface area contributed by atoms with Crippen LogP contribution in [0.25, 0.3) is 0 Å². The summed E-state index contributed by atoms with van der Waals surface area (Å²) >= 11 is 0. The van der Waals surface area contributed by atoms with Crippen LogP contribution in [0.2, 0.25) is 0 Å². The molecule has 1 rings (SSSR count). The van der Waals surface area contributed by atoms with Gasteiger partial charge in [0.1, 0.15) is 0 Å². The van der Waals surface area contributed by atoms with Crippen LogP contribution < -0.4 is 0 Å². The van der Waals surface area contributed by atoms with Crippen LogP contribution in [0.1, 0.15) is 36.7 Å². The minimum absolute atomic E-state index is 0.0418. The molecule has 0 bridgehead atoms. The molecule has 0 fully saturated rings. The Labute approximate surface area is 149 Å². The Morgan fingerprint density at radius 3 is 2.24 bits per heavy atom. The number of nitrogens with zero attached hydrogens (tertiary/aromatic N) is 2. The van der Waals surface area contributed by atoms with Gasteiger partial charge in [-0.3, -0.25) is 9.59 Å². The molecule has 25 heavy (non-hydrogen) atoms. The molecular weight excluding hydrogens is 344 g/mol. The molecule has 1 unspecified atom stereocenters. The summed E-state index contributed by atoms with van der Waals surface area (Å²) in [7, 11) is -2.18. The number of carbonyl (C=O) groups excluding carboxylic acids is 1. The maximum Gasteiger partial charge on any atom is 0.308 e. The molecule has 7 nitrogen and oxygen atoms in total. The predicted molar refractivity (Wildman–Crippen MR) is 95.0 cm³/mol. The molecule has 1 atom stereocenters. The number of carbonyl (C=O) groups is 2. The van der Waals surface area contributed by atoms with Crippen molar-refractivity contribution in [2.24, 2.45) is 5.92 Å². The van der Waals surface area contributed by atoms with Gasteiger partial charge in [-0.2, -0.15) is 4.31 Å². The maximum atomic E-state index is 12.8. The SMILES string of the molecule is CCN(CC)S(=O)(=O)c1cc(C(=O)N(C)CC(C)C(=O)O)ccc1C. The largest absolute Gasteiger partial charge is 0.481 e. The quantitative estimate of drug-likeness (QED) is 0.753. The lowest BCUT2D eigenvalue weighted by Crippen LogP contribution is -2.34. The van der Waals surface area contributed by atoms with E-state index in [1.54, 1.807) is 32.9 Å². The summed E-state index contributed by atoms with van der Waals surface area (Å²) in [5, 5.41) is 8.96. The second-order valence-electron chi connectivity index (χ2n) is 5.99. The van der Waals surface area contributed by atoms with E-state index in [-0.39, 0.29) is 17.0 Å². The Hall–Kier alpha value is -1.93. The highest BCUT2D eigenvalue weighted by atomic mass is 32.2. The average Bonchev–Trinajstić information content (AvgIpc) is 2.55. The number of carboxylic acids is 1. The van der Waals surface area contributed by atoms with Crippen LogP contribution in [0.15, 0.2) is 23.1 Å². The van der Waals surface area contributed by atoms with Crippen molar-refractivity contribution in [2.45, 2.75) is 32.6 Å². The van der Waals surface area contributed by atoms with Crippen molar-refractivity contribution in [1.82, 2.24) is 9.21 Å². The molecule has 0 aliphatic rings. The molecule has 0 aliphatic carbocycles. The summed E-state index contributed by atoms with van der Waals surface area (Å²) in [5.74, 6) is -2.12. The van der Waals surface area contributed by atoms with Crippen LogP contribution in [0.5, 0.6) is 0 Å². The Morgan fingerprint density at radius 2 is 1.76 bits per heavy atom. The number of sulfonamides is 1. The molecule has 0 spiro atoms. The molecule has 1 aromatic carbocycles. The van der Waals surface area contributed by atoms with Crippen molar-refractivity contribution >= 4 is 21.9 Å². The van der Waals surface area contributed by atoms with E-state index in [9.17, 15) is 18.0 Å². The van der Waals surface area contributed by atoms with Gasteiger partial charge in [0.05, 0.1) is 10.8 Å². The van der Waals surface area contributed by atoms with Crippen molar-refractivity contribution in [2.75, 3.05) is 26.7 Å². The van der Waals surface area contributed by atoms with Crippen LogP contribution in [0.4, 0.5) is 0 Å². The van der Waals surface area contributed by atoms with E-state index in [0.717, 1.165) is 0 Å². The lowest BCUT2D eigenvalue weighted by atomic mass is 10.1. The summed E-state index contributed by atoms with van der Waals surface area (Å²) in [6, 6.07) is 4.52. The van der Waals surface area contributed by atoms with Crippen molar-refractivity contribution in [3.05, 3.63) is 29.3 Å². The van der Waals surface area contributed by atoms with Crippen LogP contribution in [0.3, 0.4) is 0 Å². The van der Waals surface area contributed by atoms with Gasteiger partial charge in [0.15, 0.2) is 0 Å². The first-order valence-corrected chi connectivity index (χ1v) is 9.59. The molecule has 0 radical (unpaired) electrons. The standard InChI is InChI=1S/C17H26N2O5S/c1-6-19(7-2)25(23,24)15-10-14(9-8-12(15)3)16(20)18(5)11-13(4)17(21)22/h8-10,13H,6-7,11H2,1-5H3,(H,21,22). The van der Waals surface area contributed by atoms with E-state index in [1.807, 2.05) is 0 Å². The van der Waals surface area contributed by atoms with Crippen molar-refractivity contribution in [3.8, 4) is 0 Å². The molecule has 140 valence electrons. The Bertz CT molecular complexity index is 741. The molecule has 0 saturated heterocycles. The first kappa shape index (κ1) is 21.1. The number of amides is 1. The predicted octanol–water partition coefficient (Wildman–Crippen LogP) is 1.82. The minimum Gasteiger partial charge on any atom is -0.481 e. The van der Waals surface area contributed by atoms with Gasteiger partial charge in [0.25, 0.3) is 5.91 Å². The number of carboxylic acid groups (broad SMARTS) is 1. The zero-order chi connectivity index (χ0) is 19.4. The van der Waals surface area contributed by atoms with Crippen LogP contribution >= 0.6 is 0 Å². The maximum absolute atomic E-state index is 12.8. The zero-order valence-corrected chi connectivity index (χ0v) is 16.1. The third-order valence-corrected chi connectivity index (χ3v) is 6.27. The van der Waals surface area contributed by atoms with Gasteiger partial charge >= 0.3 is 5.97 Å². The fourth-order valence-electron chi connectivity index (χ4n) is 2.51. The molecule has 0 saturated carbocycles. The van der Waals surface area contributed by atoms with Gasteiger partial charge in [0, 0.05) is 32.2 Å². The fourth-order valence-corrected chi connectivity index (χ4v) is 4.21. The van der Waals surface area contributed by atoms with Gasteiger partial charge in [-0.05, 0) is 24.6 Å². The molecule has 0 aromatic heterocycles. The summed E-state index contributed by atoms with van der Waals surface area (Å²) in [6.07, 6.45) is 0. The summed E-state index contributed by atoms with van der Waals surface area (Å²) in [6.45, 7) is 7.43. The van der Waals surface area contributed by atoms with E-state index in [4.69, 9.17) is 5.11 Å². The average molecular weight is 370 g/mol. The first-order valence-electron chi connectivity index (χ1n) is 8.15. The lowest BCUT2D eigenvalue weighted by Gasteiger charge is -2.22. The highest BCUT2D eigenvalue weighted by Gasteiger charge is 2.26. The molecule has 1 amide bonds. The van der Waals surface area contributed by atoms with E-state index in [1.165, 1.54) is 29.2 Å². The lowest BCUT2D eigenvalue weighted by molar-refractivity contribution is -0.141. The van der Waals surface area contributed by atoms with E-state index in [0.29, 0.717) is 18.7 Å². The van der Waals surface area contributed by atoms with Gasteiger partial charge in [0.2, 0.25) is 10.0 Å². The fraction of sp³-hybridized carbons (Fsp3) is 0.529.